The Morgan fingerprint density at radius 3 is 1.58 bits per heavy atom. The van der Waals surface area contributed by atoms with Gasteiger partial charge in [-0.15, -0.1) is 38.0 Å². The first-order valence-electron chi connectivity index (χ1n) is 6.95. The molecule has 134 valence electrons. The minimum atomic E-state index is 0. The highest BCUT2D eigenvalue weighted by Crippen LogP contribution is 2.11. The van der Waals surface area contributed by atoms with Gasteiger partial charge in [-0.3, -0.25) is 10.8 Å². The summed E-state index contributed by atoms with van der Waals surface area (Å²) in [6.45, 7) is 9.47. The Morgan fingerprint density at radius 2 is 1.29 bits per heavy atom. The number of guanidine groups is 2. The molecule has 1 rings (SSSR count). The molecule has 1 aromatic rings. The first kappa shape index (κ1) is 24.1. The maximum Gasteiger partial charge on any atom is 0.188 e. The highest BCUT2D eigenvalue weighted by molar-refractivity contribution is 5.85. The fourth-order valence-electron chi connectivity index (χ4n) is 2.07. The number of hydrogen-bond acceptors (Lipinski definition) is 2. The summed E-state index contributed by atoms with van der Waals surface area (Å²) in [5.74, 6) is 0.0321. The van der Waals surface area contributed by atoms with Crippen LogP contribution in [-0.4, -0.2) is 34.8 Å². The molecule has 24 heavy (non-hydrogen) atoms. The Hall–Kier alpha value is -2.18. The van der Waals surface area contributed by atoms with Crippen molar-refractivity contribution in [2.75, 3.05) is 13.1 Å². The van der Waals surface area contributed by atoms with Crippen molar-refractivity contribution < 1.29 is 0 Å². The number of hydrogen-bond donors (Lipinski definition) is 4. The maximum atomic E-state index is 7.57. The molecule has 0 atom stereocenters. The van der Waals surface area contributed by atoms with Crippen LogP contribution in [0.3, 0.4) is 0 Å². The van der Waals surface area contributed by atoms with Gasteiger partial charge in [0.15, 0.2) is 11.9 Å². The lowest BCUT2D eigenvalue weighted by Gasteiger charge is -2.23. The highest BCUT2D eigenvalue weighted by Gasteiger charge is 2.09. The standard InChI is InChI=1S/C16H24N6.2ClH/c1-3-8-21(15(17)18)11-13-6-5-7-14(10-13)12-22(9-4-2)16(19)20;;/h3-7,10H,1-2,8-9,11-12H2,(H3,17,18)(H3,19,20);2*1H. The predicted octanol–water partition coefficient (Wildman–Crippen LogP) is 2.29. The van der Waals surface area contributed by atoms with E-state index in [0.29, 0.717) is 26.2 Å². The number of rotatable bonds is 8. The van der Waals surface area contributed by atoms with Crippen LogP contribution in [0.4, 0.5) is 0 Å². The summed E-state index contributed by atoms with van der Waals surface area (Å²) in [7, 11) is 0. The third kappa shape index (κ3) is 7.89. The zero-order chi connectivity index (χ0) is 16.5. The van der Waals surface area contributed by atoms with E-state index in [9.17, 15) is 0 Å². The van der Waals surface area contributed by atoms with Gasteiger partial charge in [-0.25, -0.2) is 0 Å². The minimum Gasteiger partial charge on any atom is -0.370 e. The third-order valence-electron chi connectivity index (χ3n) is 3.12. The Labute approximate surface area is 156 Å². The van der Waals surface area contributed by atoms with Gasteiger partial charge < -0.3 is 21.3 Å². The van der Waals surface area contributed by atoms with E-state index in [-0.39, 0.29) is 36.7 Å². The molecule has 6 N–H and O–H groups in total. The van der Waals surface area contributed by atoms with Crippen molar-refractivity contribution in [2.24, 2.45) is 11.5 Å². The normalized spacial score (nSPS) is 9.00. The fourth-order valence-corrected chi connectivity index (χ4v) is 2.07. The highest BCUT2D eigenvalue weighted by atomic mass is 35.5. The molecule has 0 unspecified atom stereocenters. The second-order valence-electron chi connectivity index (χ2n) is 4.93. The van der Waals surface area contributed by atoms with Crippen LogP contribution < -0.4 is 11.5 Å². The summed E-state index contributed by atoms with van der Waals surface area (Å²) in [6, 6.07) is 7.93. The van der Waals surface area contributed by atoms with Crippen LogP contribution in [0.5, 0.6) is 0 Å². The third-order valence-corrected chi connectivity index (χ3v) is 3.12. The molecule has 6 nitrogen and oxygen atoms in total. The van der Waals surface area contributed by atoms with Crippen molar-refractivity contribution in [2.45, 2.75) is 13.1 Å². The summed E-state index contributed by atoms with van der Waals surface area (Å²) in [6.07, 6.45) is 3.43. The molecule has 0 radical (unpaired) electrons. The smallest absolute Gasteiger partial charge is 0.188 e. The van der Waals surface area contributed by atoms with Gasteiger partial charge in [0, 0.05) is 26.2 Å². The molecule has 0 aliphatic rings. The summed E-state index contributed by atoms with van der Waals surface area (Å²) >= 11 is 0. The van der Waals surface area contributed by atoms with Crippen LogP contribution in [0.2, 0.25) is 0 Å². The van der Waals surface area contributed by atoms with Crippen molar-refractivity contribution in [3.05, 3.63) is 60.7 Å². The van der Waals surface area contributed by atoms with Crippen molar-refractivity contribution in [3.8, 4) is 0 Å². The van der Waals surface area contributed by atoms with Crippen LogP contribution in [0.25, 0.3) is 0 Å². The molecular weight excluding hydrogens is 347 g/mol. The molecule has 0 amide bonds. The second-order valence-corrected chi connectivity index (χ2v) is 4.93. The van der Waals surface area contributed by atoms with E-state index >= 15 is 0 Å². The molecule has 0 bridgehead atoms. The summed E-state index contributed by atoms with van der Waals surface area (Å²) in [5, 5.41) is 15.1. The number of nitrogens with two attached hydrogens (primary N) is 2. The first-order chi connectivity index (χ1) is 10.5. The number of benzene rings is 1. The zero-order valence-corrected chi connectivity index (χ0v) is 15.2. The molecule has 0 saturated heterocycles. The van der Waals surface area contributed by atoms with Crippen molar-refractivity contribution in [1.82, 2.24) is 9.80 Å². The number of nitrogens with one attached hydrogen (secondary N) is 2. The first-order valence-corrected chi connectivity index (χ1v) is 6.95. The van der Waals surface area contributed by atoms with Gasteiger partial charge in [-0.05, 0) is 11.1 Å². The molecule has 1 aromatic carbocycles. The topological polar surface area (TPSA) is 106 Å². The monoisotopic (exact) mass is 372 g/mol. The average Bonchev–Trinajstić information content (AvgIpc) is 2.46. The van der Waals surface area contributed by atoms with E-state index in [4.69, 9.17) is 22.3 Å². The molecule has 0 aromatic heterocycles. The fraction of sp³-hybridized carbons (Fsp3) is 0.250. The number of halogens is 2. The van der Waals surface area contributed by atoms with Crippen molar-refractivity contribution in [3.63, 3.8) is 0 Å². The minimum absolute atomic E-state index is 0. The molecule has 0 saturated carbocycles. The lowest BCUT2D eigenvalue weighted by atomic mass is 10.1. The molecule has 0 aliphatic carbocycles. The molecule has 0 fully saturated rings. The van der Waals surface area contributed by atoms with E-state index in [0.717, 1.165) is 11.1 Å². The van der Waals surface area contributed by atoms with Crippen molar-refractivity contribution >= 4 is 36.7 Å². The predicted molar refractivity (Wildman–Crippen MR) is 106 cm³/mol. The Bertz CT molecular complexity index is 516. The van der Waals surface area contributed by atoms with Crippen LogP contribution >= 0.6 is 24.8 Å². The van der Waals surface area contributed by atoms with E-state index < -0.39 is 0 Å². The van der Waals surface area contributed by atoms with Gasteiger partial charge in [0.2, 0.25) is 0 Å². The maximum absolute atomic E-state index is 7.57. The van der Waals surface area contributed by atoms with Crippen molar-refractivity contribution in [1.29, 1.82) is 10.8 Å². The lowest BCUT2D eigenvalue weighted by Crippen LogP contribution is -2.36. The Morgan fingerprint density at radius 1 is 0.917 bits per heavy atom. The average molecular weight is 373 g/mol. The molecule has 0 heterocycles. The zero-order valence-electron chi connectivity index (χ0n) is 13.6. The molecule has 0 aliphatic heterocycles. The van der Waals surface area contributed by atoms with E-state index in [2.05, 4.69) is 13.2 Å². The van der Waals surface area contributed by atoms with Crippen LogP contribution in [0, 0.1) is 10.8 Å². The lowest BCUT2D eigenvalue weighted by molar-refractivity contribution is 0.441. The Balaban J connectivity index is 0. The van der Waals surface area contributed by atoms with Gasteiger partial charge in [0.1, 0.15) is 0 Å². The summed E-state index contributed by atoms with van der Waals surface area (Å²) < 4.78 is 0. The molecule has 8 heteroatoms. The van der Waals surface area contributed by atoms with Gasteiger partial charge in [0.05, 0.1) is 0 Å². The largest absolute Gasteiger partial charge is 0.370 e. The quantitative estimate of drug-likeness (QED) is 0.319. The second kappa shape index (κ2) is 12.3. The van der Waals surface area contributed by atoms with E-state index in [1.165, 1.54) is 0 Å². The molecule has 0 spiro atoms. The van der Waals surface area contributed by atoms with Crippen LogP contribution in [0.1, 0.15) is 11.1 Å². The number of nitrogens with zero attached hydrogens (tertiary/aromatic N) is 2. The molecular formula is C16H26Cl2N6. The van der Waals surface area contributed by atoms with Gasteiger partial charge in [-0.1, -0.05) is 36.4 Å². The van der Waals surface area contributed by atoms with Crippen LogP contribution in [-0.2, 0) is 13.1 Å². The van der Waals surface area contributed by atoms with E-state index in [1.807, 2.05) is 24.3 Å². The summed E-state index contributed by atoms with van der Waals surface area (Å²) in [4.78, 5) is 3.44. The van der Waals surface area contributed by atoms with E-state index in [1.54, 1.807) is 22.0 Å². The van der Waals surface area contributed by atoms with Gasteiger partial charge in [0.25, 0.3) is 0 Å². The van der Waals surface area contributed by atoms with Crippen LogP contribution in [0.15, 0.2) is 49.6 Å². The SMILES string of the molecule is C=CCN(Cc1cccc(CN(CC=C)C(=N)N)c1)C(=N)N.Cl.Cl. The Kier molecular flexibility index (Phi) is 12.3. The summed E-state index contributed by atoms with van der Waals surface area (Å²) in [5.41, 5.74) is 13.2. The van der Waals surface area contributed by atoms with Gasteiger partial charge in [-0.2, -0.15) is 0 Å². The van der Waals surface area contributed by atoms with Gasteiger partial charge >= 0.3 is 0 Å².